The van der Waals surface area contributed by atoms with Gasteiger partial charge in [0, 0.05) is 49.6 Å². The lowest BCUT2D eigenvalue weighted by Crippen LogP contribution is -2.48. The third kappa shape index (κ3) is 4.59. The summed E-state index contributed by atoms with van der Waals surface area (Å²) in [5.41, 5.74) is 0.393. The van der Waals surface area contributed by atoms with Crippen molar-refractivity contribution in [1.82, 2.24) is 4.90 Å². The minimum atomic E-state index is -4.38. The normalized spacial score (nSPS) is 14.5. The lowest BCUT2D eigenvalue weighted by atomic mass is 10.1. The van der Waals surface area contributed by atoms with Crippen LogP contribution in [-0.2, 0) is 6.18 Å². The summed E-state index contributed by atoms with van der Waals surface area (Å²) in [4.78, 5) is 14.8. The van der Waals surface area contributed by atoms with E-state index in [2.05, 4.69) is 0 Å². The number of anilines is 1. The first kappa shape index (κ1) is 21.8. The maximum atomic E-state index is 13.0. The van der Waals surface area contributed by atoms with Gasteiger partial charge in [0.2, 0.25) is 0 Å². The van der Waals surface area contributed by atoms with Gasteiger partial charge in [-0.3, -0.25) is 10.1 Å². The second-order valence-electron chi connectivity index (χ2n) is 7.30. The van der Waals surface area contributed by atoms with Gasteiger partial charge in [-0.2, -0.15) is 13.2 Å². The Bertz CT molecular complexity index is 1150. The first-order chi connectivity index (χ1) is 15.2. The molecule has 1 aliphatic rings. The van der Waals surface area contributed by atoms with Crippen LogP contribution in [0.3, 0.4) is 0 Å². The number of furan rings is 1. The summed E-state index contributed by atoms with van der Waals surface area (Å²) in [6.07, 6.45) is -4.38. The molecular weight excluding hydrogens is 443 g/mol. The number of nitrogens with zero attached hydrogens (tertiary/aromatic N) is 3. The number of halogens is 3. The average molecular weight is 461 g/mol. The van der Waals surface area contributed by atoms with Crippen LogP contribution in [0.2, 0.25) is 0 Å². The van der Waals surface area contributed by atoms with E-state index in [1.165, 1.54) is 18.2 Å². The van der Waals surface area contributed by atoms with Gasteiger partial charge in [0.15, 0.2) is 5.76 Å². The molecule has 2 aromatic carbocycles. The van der Waals surface area contributed by atoms with Gasteiger partial charge in [0.05, 0.1) is 10.5 Å². The zero-order valence-corrected chi connectivity index (χ0v) is 17.5. The Labute approximate surface area is 187 Å². The molecule has 1 saturated heterocycles. The number of hydrogen-bond donors (Lipinski definition) is 0. The van der Waals surface area contributed by atoms with Crippen LogP contribution in [0, 0.1) is 10.1 Å². The van der Waals surface area contributed by atoms with Gasteiger partial charge in [-0.15, -0.1) is 0 Å². The Balaban J connectivity index is 1.42. The van der Waals surface area contributed by atoms with Crippen LogP contribution in [0.5, 0.6) is 0 Å². The smallest absolute Gasteiger partial charge is 0.416 e. The van der Waals surface area contributed by atoms with E-state index in [1.807, 2.05) is 9.80 Å². The summed E-state index contributed by atoms with van der Waals surface area (Å²) in [6, 6.07) is 14.9. The molecule has 2 heterocycles. The Kier molecular flexibility index (Phi) is 5.88. The highest BCUT2D eigenvalue weighted by Gasteiger charge is 2.31. The molecule has 0 spiro atoms. The fourth-order valence-corrected chi connectivity index (χ4v) is 3.88. The van der Waals surface area contributed by atoms with Crippen molar-refractivity contribution in [1.29, 1.82) is 0 Å². The van der Waals surface area contributed by atoms with Crippen molar-refractivity contribution in [3.63, 3.8) is 0 Å². The van der Waals surface area contributed by atoms with Gasteiger partial charge in [-0.1, -0.05) is 30.4 Å². The molecule has 10 heteroatoms. The van der Waals surface area contributed by atoms with Crippen molar-refractivity contribution in [2.75, 3.05) is 31.1 Å². The first-order valence-electron chi connectivity index (χ1n) is 9.78. The number of hydrogen-bond acceptors (Lipinski definition) is 5. The first-order valence-corrected chi connectivity index (χ1v) is 10.2. The van der Waals surface area contributed by atoms with Crippen LogP contribution in [-0.4, -0.2) is 41.0 Å². The standard InChI is InChI=1S/C22H18F3N3O3S/c23-22(24,25)16-4-2-5-17(14-16)26-9-11-27(12-10-26)21(32)20-8-7-19(31-20)15-3-1-6-18(13-15)28(29)30/h1-8,13-14H,9-12H2. The summed E-state index contributed by atoms with van der Waals surface area (Å²) in [5, 5.41) is 11.0. The molecule has 0 amide bonds. The maximum absolute atomic E-state index is 13.0. The third-order valence-corrected chi connectivity index (χ3v) is 5.72. The molecule has 0 bridgehead atoms. The van der Waals surface area contributed by atoms with Gasteiger partial charge >= 0.3 is 6.18 Å². The van der Waals surface area contributed by atoms with E-state index < -0.39 is 16.7 Å². The molecule has 0 N–H and O–H groups in total. The zero-order valence-electron chi connectivity index (χ0n) is 16.7. The van der Waals surface area contributed by atoms with Crippen LogP contribution in [0.1, 0.15) is 11.3 Å². The zero-order chi connectivity index (χ0) is 22.9. The topological polar surface area (TPSA) is 62.8 Å². The minimum absolute atomic E-state index is 0.0336. The molecule has 6 nitrogen and oxygen atoms in total. The highest BCUT2D eigenvalue weighted by atomic mass is 32.1. The molecule has 0 radical (unpaired) electrons. The second kappa shape index (κ2) is 8.62. The summed E-state index contributed by atoms with van der Waals surface area (Å²) >= 11 is 5.55. The van der Waals surface area contributed by atoms with E-state index in [-0.39, 0.29) is 5.69 Å². The minimum Gasteiger partial charge on any atom is -0.454 e. The lowest BCUT2D eigenvalue weighted by Gasteiger charge is -2.37. The quantitative estimate of drug-likeness (QED) is 0.296. The van der Waals surface area contributed by atoms with E-state index in [4.69, 9.17) is 16.6 Å². The van der Waals surface area contributed by atoms with Gasteiger partial charge < -0.3 is 14.2 Å². The molecule has 0 unspecified atom stereocenters. The lowest BCUT2D eigenvalue weighted by molar-refractivity contribution is -0.384. The molecular formula is C22H18F3N3O3S. The Morgan fingerprint density at radius 2 is 1.72 bits per heavy atom. The Morgan fingerprint density at radius 1 is 1.00 bits per heavy atom. The van der Waals surface area contributed by atoms with E-state index in [9.17, 15) is 23.3 Å². The highest BCUT2D eigenvalue weighted by Crippen LogP contribution is 2.32. The van der Waals surface area contributed by atoms with E-state index >= 15 is 0 Å². The highest BCUT2D eigenvalue weighted by molar-refractivity contribution is 7.80. The summed E-state index contributed by atoms with van der Waals surface area (Å²) in [6.45, 7) is 2.09. The predicted molar refractivity (Wildman–Crippen MR) is 118 cm³/mol. The number of benzene rings is 2. The third-order valence-electron chi connectivity index (χ3n) is 5.26. The number of nitro groups is 1. The Morgan fingerprint density at radius 3 is 2.41 bits per heavy atom. The molecule has 3 aromatic rings. The molecule has 0 saturated carbocycles. The monoisotopic (exact) mass is 461 g/mol. The molecule has 166 valence electrons. The number of non-ortho nitro benzene ring substituents is 1. The number of alkyl halides is 3. The number of piperazine rings is 1. The van der Waals surface area contributed by atoms with Crippen LogP contribution >= 0.6 is 12.2 Å². The second-order valence-corrected chi connectivity index (χ2v) is 7.69. The number of thiocarbonyl (C=S) groups is 1. The van der Waals surface area contributed by atoms with Crippen molar-refractivity contribution in [3.05, 3.63) is 82.1 Å². The van der Waals surface area contributed by atoms with Gasteiger partial charge in [-0.25, -0.2) is 0 Å². The molecule has 0 atom stereocenters. The fourth-order valence-electron chi connectivity index (χ4n) is 3.58. The molecule has 1 fully saturated rings. The van der Waals surface area contributed by atoms with Gasteiger partial charge in [0.1, 0.15) is 10.7 Å². The SMILES string of the molecule is O=[N+]([O-])c1cccc(-c2ccc(C(=S)N3CCN(c4cccc(C(F)(F)F)c4)CC3)o2)c1. The average Bonchev–Trinajstić information content (AvgIpc) is 3.29. The van der Waals surface area contributed by atoms with Crippen molar-refractivity contribution >= 4 is 28.6 Å². The number of nitro benzene ring substituents is 1. The van der Waals surface area contributed by atoms with Crippen LogP contribution < -0.4 is 4.90 Å². The van der Waals surface area contributed by atoms with Crippen molar-refractivity contribution in [2.45, 2.75) is 6.18 Å². The molecule has 4 rings (SSSR count). The summed E-state index contributed by atoms with van der Waals surface area (Å²) in [7, 11) is 0. The summed E-state index contributed by atoms with van der Waals surface area (Å²) < 4.78 is 44.8. The van der Waals surface area contributed by atoms with Crippen LogP contribution in [0.25, 0.3) is 11.3 Å². The molecule has 1 aromatic heterocycles. The summed E-state index contributed by atoms with van der Waals surface area (Å²) in [5.74, 6) is 0.933. The molecule has 0 aliphatic carbocycles. The van der Waals surface area contributed by atoms with Crippen molar-refractivity contribution < 1.29 is 22.5 Å². The predicted octanol–water partition coefficient (Wildman–Crippen LogP) is 5.37. The fraction of sp³-hybridized carbons (Fsp3) is 0.227. The van der Waals surface area contributed by atoms with Crippen LogP contribution in [0.4, 0.5) is 24.5 Å². The molecule has 1 aliphatic heterocycles. The maximum Gasteiger partial charge on any atom is 0.416 e. The molecule has 32 heavy (non-hydrogen) atoms. The largest absolute Gasteiger partial charge is 0.454 e. The van der Waals surface area contributed by atoms with E-state index in [1.54, 1.807) is 30.3 Å². The Hall–Kier alpha value is -3.40. The van der Waals surface area contributed by atoms with Gasteiger partial charge in [0.25, 0.3) is 5.69 Å². The van der Waals surface area contributed by atoms with Crippen LogP contribution in [0.15, 0.2) is 65.1 Å². The van der Waals surface area contributed by atoms with Crippen molar-refractivity contribution in [3.8, 4) is 11.3 Å². The van der Waals surface area contributed by atoms with E-state index in [0.717, 1.165) is 12.1 Å². The van der Waals surface area contributed by atoms with Crippen molar-refractivity contribution in [2.24, 2.45) is 0 Å². The van der Waals surface area contributed by atoms with Gasteiger partial charge in [-0.05, 0) is 30.3 Å². The van der Waals surface area contributed by atoms with E-state index in [0.29, 0.717) is 53.9 Å². The number of rotatable bonds is 4.